The van der Waals surface area contributed by atoms with Gasteiger partial charge >= 0.3 is 0 Å². The highest BCUT2D eigenvalue weighted by molar-refractivity contribution is 7.99. The second-order valence-corrected chi connectivity index (χ2v) is 5.92. The first-order chi connectivity index (χ1) is 10.1. The SMILES string of the molecule is COCC(C)Nc1ncnc(Sc2ccc(C)cc2)c1N. The van der Waals surface area contributed by atoms with Crippen LogP contribution in [0.3, 0.4) is 0 Å². The van der Waals surface area contributed by atoms with Gasteiger partial charge in [-0.05, 0) is 26.0 Å². The smallest absolute Gasteiger partial charge is 0.154 e. The summed E-state index contributed by atoms with van der Waals surface area (Å²) >= 11 is 1.53. The predicted molar refractivity (Wildman–Crippen MR) is 86.7 cm³/mol. The average molecular weight is 304 g/mol. The number of aromatic nitrogens is 2. The fraction of sp³-hybridized carbons (Fsp3) is 0.333. The number of benzene rings is 1. The molecule has 0 fully saturated rings. The molecule has 1 heterocycles. The van der Waals surface area contributed by atoms with Gasteiger partial charge in [0.25, 0.3) is 0 Å². The van der Waals surface area contributed by atoms with Gasteiger partial charge in [0, 0.05) is 18.0 Å². The van der Waals surface area contributed by atoms with Crippen molar-refractivity contribution in [2.75, 3.05) is 24.8 Å². The molecule has 0 saturated carbocycles. The maximum Gasteiger partial charge on any atom is 0.154 e. The monoisotopic (exact) mass is 304 g/mol. The normalized spacial score (nSPS) is 12.1. The molecule has 0 radical (unpaired) electrons. The van der Waals surface area contributed by atoms with Crippen LogP contribution in [0.2, 0.25) is 0 Å². The third kappa shape index (κ3) is 4.34. The Morgan fingerprint density at radius 2 is 2.00 bits per heavy atom. The summed E-state index contributed by atoms with van der Waals surface area (Å²) in [6.45, 7) is 4.66. The zero-order chi connectivity index (χ0) is 15.2. The Labute approximate surface area is 129 Å². The second-order valence-electron chi connectivity index (χ2n) is 4.86. The molecule has 0 saturated heterocycles. The maximum absolute atomic E-state index is 6.16. The van der Waals surface area contributed by atoms with E-state index < -0.39 is 0 Å². The number of hydrogen-bond acceptors (Lipinski definition) is 6. The van der Waals surface area contributed by atoms with Gasteiger partial charge in [0.2, 0.25) is 0 Å². The maximum atomic E-state index is 6.16. The van der Waals surface area contributed by atoms with E-state index in [0.29, 0.717) is 18.1 Å². The van der Waals surface area contributed by atoms with E-state index in [0.717, 1.165) is 9.92 Å². The van der Waals surface area contributed by atoms with Crippen molar-refractivity contribution in [2.45, 2.75) is 29.8 Å². The standard InChI is InChI=1S/C15H20N4OS/c1-10-4-6-12(7-5-10)21-15-13(16)14(17-9-18-15)19-11(2)8-20-3/h4-7,9,11H,8,16H2,1-3H3,(H,17,18,19). The fourth-order valence-electron chi connectivity index (χ4n) is 1.82. The summed E-state index contributed by atoms with van der Waals surface area (Å²) in [4.78, 5) is 9.57. The zero-order valence-corrected chi connectivity index (χ0v) is 13.3. The van der Waals surface area contributed by atoms with Crippen LogP contribution in [0.4, 0.5) is 11.5 Å². The van der Waals surface area contributed by atoms with E-state index in [2.05, 4.69) is 46.5 Å². The Balaban J connectivity index is 2.15. The first-order valence-corrected chi connectivity index (χ1v) is 7.52. The molecule has 1 unspecified atom stereocenters. The van der Waals surface area contributed by atoms with Gasteiger partial charge in [-0.15, -0.1) is 0 Å². The van der Waals surface area contributed by atoms with Crippen molar-refractivity contribution in [1.82, 2.24) is 9.97 Å². The molecule has 2 rings (SSSR count). The molecule has 5 nitrogen and oxygen atoms in total. The van der Waals surface area contributed by atoms with Gasteiger partial charge in [-0.1, -0.05) is 29.5 Å². The number of rotatable bonds is 6. The summed E-state index contributed by atoms with van der Waals surface area (Å²) in [6, 6.07) is 8.38. The van der Waals surface area contributed by atoms with Crippen LogP contribution in [0.1, 0.15) is 12.5 Å². The van der Waals surface area contributed by atoms with E-state index >= 15 is 0 Å². The number of nitrogen functional groups attached to an aromatic ring is 1. The summed E-state index contributed by atoms with van der Waals surface area (Å²) in [5.41, 5.74) is 7.95. The number of nitrogens with two attached hydrogens (primary N) is 1. The average Bonchev–Trinajstić information content (AvgIpc) is 2.46. The molecular formula is C15H20N4OS. The molecule has 6 heteroatoms. The number of nitrogens with one attached hydrogen (secondary N) is 1. The Morgan fingerprint density at radius 3 is 2.67 bits per heavy atom. The third-order valence-corrected chi connectivity index (χ3v) is 3.91. The van der Waals surface area contributed by atoms with Gasteiger partial charge in [0.15, 0.2) is 5.82 Å². The lowest BCUT2D eigenvalue weighted by Gasteiger charge is -2.15. The minimum atomic E-state index is 0.129. The third-order valence-electron chi connectivity index (χ3n) is 2.88. The lowest BCUT2D eigenvalue weighted by Crippen LogP contribution is -2.22. The van der Waals surface area contributed by atoms with E-state index in [-0.39, 0.29) is 6.04 Å². The molecule has 0 aliphatic heterocycles. The van der Waals surface area contributed by atoms with E-state index in [9.17, 15) is 0 Å². The zero-order valence-electron chi connectivity index (χ0n) is 12.5. The van der Waals surface area contributed by atoms with Crippen LogP contribution < -0.4 is 11.1 Å². The molecule has 21 heavy (non-hydrogen) atoms. The van der Waals surface area contributed by atoms with Crippen molar-refractivity contribution in [2.24, 2.45) is 0 Å². The van der Waals surface area contributed by atoms with Crippen molar-refractivity contribution in [3.05, 3.63) is 36.2 Å². The Hall–Kier alpha value is -1.79. The Bertz CT molecular complexity index is 589. The summed E-state index contributed by atoms with van der Waals surface area (Å²) in [7, 11) is 1.67. The molecule has 1 aromatic heterocycles. The number of aryl methyl sites for hydroxylation is 1. The van der Waals surface area contributed by atoms with Crippen molar-refractivity contribution in [3.63, 3.8) is 0 Å². The molecular weight excluding hydrogens is 284 g/mol. The number of methoxy groups -OCH3 is 1. The lowest BCUT2D eigenvalue weighted by molar-refractivity contribution is 0.190. The summed E-state index contributed by atoms with van der Waals surface area (Å²) in [5.74, 6) is 0.643. The molecule has 3 N–H and O–H groups in total. The summed E-state index contributed by atoms with van der Waals surface area (Å²) in [5, 5.41) is 3.98. The number of ether oxygens (including phenoxy) is 1. The van der Waals surface area contributed by atoms with E-state index in [4.69, 9.17) is 10.5 Å². The molecule has 112 valence electrons. The van der Waals surface area contributed by atoms with Gasteiger partial charge in [-0.2, -0.15) is 0 Å². The number of hydrogen-bond donors (Lipinski definition) is 2. The Kier molecular flexibility index (Phi) is 5.41. The lowest BCUT2D eigenvalue weighted by atomic mass is 10.2. The van der Waals surface area contributed by atoms with Crippen molar-refractivity contribution in [3.8, 4) is 0 Å². The van der Waals surface area contributed by atoms with Crippen LogP contribution in [-0.4, -0.2) is 29.7 Å². The molecule has 1 atom stereocenters. The van der Waals surface area contributed by atoms with Crippen LogP contribution in [0.5, 0.6) is 0 Å². The minimum Gasteiger partial charge on any atom is -0.394 e. The van der Waals surface area contributed by atoms with Crippen LogP contribution in [0.25, 0.3) is 0 Å². The van der Waals surface area contributed by atoms with E-state index in [1.807, 2.05) is 6.92 Å². The molecule has 2 aromatic rings. The highest BCUT2D eigenvalue weighted by Crippen LogP contribution is 2.33. The van der Waals surface area contributed by atoms with Gasteiger partial charge < -0.3 is 15.8 Å². The summed E-state index contributed by atoms with van der Waals surface area (Å²) in [6.07, 6.45) is 1.52. The van der Waals surface area contributed by atoms with Crippen LogP contribution >= 0.6 is 11.8 Å². The largest absolute Gasteiger partial charge is 0.394 e. The molecule has 1 aromatic carbocycles. The molecule has 0 spiro atoms. The molecule has 0 aliphatic carbocycles. The fourth-order valence-corrected chi connectivity index (χ4v) is 2.62. The van der Waals surface area contributed by atoms with Gasteiger partial charge in [-0.25, -0.2) is 9.97 Å². The van der Waals surface area contributed by atoms with Crippen LogP contribution in [-0.2, 0) is 4.74 Å². The minimum absolute atomic E-state index is 0.129. The van der Waals surface area contributed by atoms with Crippen molar-refractivity contribution < 1.29 is 4.74 Å². The molecule has 0 bridgehead atoms. The summed E-state index contributed by atoms with van der Waals surface area (Å²) < 4.78 is 5.10. The number of anilines is 2. The van der Waals surface area contributed by atoms with Crippen LogP contribution in [0.15, 0.2) is 40.5 Å². The first-order valence-electron chi connectivity index (χ1n) is 6.70. The van der Waals surface area contributed by atoms with E-state index in [1.54, 1.807) is 7.11 Å². The van der Waals surface area contributed by atoms with E-state index in [1.165, 1.54) is 23.7 Å². The van der Waals surface area contributed by atoms with Crippen molar-refractivity contribution in [1.29, 1.82) is 0 Å². The van der Waals surface area contributed by atoms with Gasteiger partial charge in [-0.3, -0.25) is 0 Å². The molecule has 0 aliphatic rings. The first kappa shape index (κ1) is 15.6. The predicted octanol–water partition coefficient (Wildman–Crippen LogP) is 2.97. The Morgan fingerprint density at radius 1 is 1.29 bits per heavy atom. The van der Waals surface area contributed by atoms with Crippen LogP contribution in [0, 0.1) is 6.92 Å². The molecule has 0 amide bonds. The quantitative estimate of drug-likeness (QED) is 0.799. The second kappa shape index (κ2) is 7.28. The topological polar surface area (TPSA) is 73.1 Å². The van der Waals surface area contributed by atoms with Crippen molar-refractivity contribution >= 4 is 23.3 Å². The number of nitrogens with zero attached hydrogens (tertiary/aromatic N) is 2. The van der Waals surface area contributed by atoms with Gasteiger partial charge in [0.1, 0.15) is 17.0 Å². The highest BCUT2D eigenvalue weighted by Gasteiger charge is 2.11. The highest BCUT2D eigenvalue weighted by atomic mass is 32.2. The van der Waals surface area contributed by atoms with Gasteiger partial charge in [0.05, 0.1) is 6.61 Å².